The van der Waals surface area contributed by atoms with Crippen molar-refractivity contribution >= 4 is 29.2 Å². The monoisotopic (exact) mass is 501 g/mol. The van der Waals surface area contributed by atoms with Crippen molar-refractivity contribution in [3.8, 4) is 0 Å². The summed E-state index contributed by atoms with van der Waals surface area (Å²) in [4.78, 5) is 46.4. The lowest BCUT2D eigenvalue weighted by Gasteiger charge is -2.45. The van der Waals surface area contributed by atoms with Crippen LogP contribution in [0.1, 0.15) is 25.1 Å². The van der Waals surface area contributed by atoms with Gasteiger partial charge in [0.05, 0.1) is 30.0 Å². The van der Waals surface area contributed by atoms with Gasteiger partial charge in [-0.1, -0.05) is 30.3 Å². The summed E-state index contributed by atoms with van der Waals surface area (Å²) >= 11 is 1.48. The number of benzene rings is 1. The molecule has 3 N–H and O–H groups in total. The Bertz CT molecular complexity index is 1040. The Balaban J connectivity index is 1.49. The van der Waals surface area contributed by atoms with Crippen molar-refractivity contribution in [3.63, 3.8) is 0 Å². The molecule has 35 heavy (non-hydrogen) atoms. The zero-order valence-electron chi connectivity index (χ0n) is 19.9. The van der Waals surface area contributed by atoms with Gasteiger partial charge in [0, 0.05) is 31.4 Å². The number of aromatic nitrogens is 1. The molecular formula is C24H31N5O5S. The summed E-state index contributed by atoms with van der Waals surface area (Å²) in [6.45, 7) is 4.55. The number of carbonyl (C=O) groups is 3. The van der Waals surface area contributed by atoms with Crippen LogP contribution in [0, 0.1) is 0 Å². The number of thiazole rings is 1. The fourth-order valence-electron chi connectivity index (χ4n) is 4.32. The highest BCUT2D eigenvalue weighted by Crippen LogP contribution is 2.32. The van der Waals surface area contributed by atoms with E-state index in [1.165, 1.54) is 11.3 Å². The van der Waals surface area contributed by atoms with Crippen LogP contribution in [0.2, 0.25) is 0 Å². The molecule has 0 bridgehead atoms. The third kappa shape index (κ3) is 5.80. The predicted octanol–water partition coefficient (Wildman–Crippen LogP) is 1.16. The molecule has 2 fully saturated rings. The molecule has 3 amide bonds. The largest absolute Gasteiger partial charge is 0.447 e. The van der Waals surface area contributed by atoms with Crippen LogP contribution in [-0.2, 0) is 32.1 Å². The zero-order valence-corrected chi connectivity index (χ0v) is 20.8. The molecule has 2 aromatic rings. The first-order valence-electron chi connectivity index (χ1n) is 11.5. The van der Waals surface area contributed by atoms with E-state index in [9.17, 15) is 14.4 Å². The fraction of sp³-hybridized carbons (Fsp3) is 0.500. The van der Waals surface area contributed by atoms with Gasteiger partial charge >= 0.3 is 6.09 Å². The number of nitrogens with one attached hydrogen (secondary N) is 1. The van der Waals surface area contributed by atoms with Crippen LogP contribution >= 0.6 is 11.3 Å². The van der Waals surface area contributed by atoms with Crippen LogP contribution < -0.4 is 11.1 Å². The van der Waals surface area contributed by atoms with Crippen molar-refractivity contribution < 1.29 is 23.9 Å². The number of cyclic esters (lactones) is 1. The molecule has 0 aliphatic carbocycles. The van der Waals surface area contributed by atoms with Gasteiger partial charge in [-0.05, 0) is 19.4 Å². The van der Waals surface area contributed by atoms with E-state index in [2.05, 4.69) is 10.3 Å². The van der Waals surface area contributed by atoms with Crippen LogP contribution in [0.5, 0.6) is 0 Å². The summed E-state index contributed by atoms with van der Waals surface area (Å²) in [6, 6.07) is 8.67. The highest BCUT2D eigenvalue weighted by Gasteiger charge is 2.52. The number of piperazine rings is 1. The average Bonchev–Trinajstić information content (AvgIpc) is 3.45. The van der Waals surface area contributed by atoms with E-state index < -0.39 is 23.0 Å². The Morgan fingerprint density at radius 2 is 2.09 bits per heavy atom. The molecule has 1 aromatic carbocycles. The van der Waals surface area contributed by atoms with Crippen LogP contribution in [-0.4, -0.2) is 82.7 Å². The molecule has 1 aromatic heterocycles. The average molecular weight is 502 g/mol. The highest BCUT2D eigenvalue weighted by molar-refractivity contribution is 7.07. The minimum Gasteiger partial charge on any atom is -0.447 e. The molecule has 3 heterocycles. The van der Waals surface area contributed by atoms with Gasteiger partial charge in [0.2, 0.25) is 11.8 Å². The zero-order chi connectivity index (χ0) is 25.1. The van der Waals surface area contributed by atoms with E-state index in [-0.39, 0.29) is 31.8 Å². The van der Waals surface area contributed by atoms with Crippen LogP contribution in [0.25, 0.3) is 0 Å². The maximum absolute atomic E-state index is 13.7. The summed E-state index contributed by atoms with van der Waals surface area (Å²) in [5.41, 5.74) is 7.64. The summed E-state index contributed by atoms with van der Waals surface area (Å²) in [5.74, 6) is -0.735. The normalized spacial score (nSPS) is 20.8. The van der Waals surface area contributed by atoms with Crippen LogP contribution in [0.15, 0.2) is 41.2 Å². The van der Waals surface area contributed by atoms with Crippen LogP contribution in [0.4, 0.5) is 4.79 Å². The van der Waals surface area contributed by atoms with Crippen molar-refractivity contribution in [2.45, 2.75) is 44.0 Å². The SMILES string of the molecule is CC(C)(N)C(=O)NC(COCc1ccccc1)C(=O)N1CCN2C(=O)OCC2(Cc2cscn2)C1. The molecule has 2 atom stereocenters. The Morgan fingerprint density at radius 3 is 2.77 bits per heavy atom. The van der Waals surface area contributed by atoms with Gasteiger partial charge in [-0.15, -0.1) is 11.3 Å². The molecule has 2 aliphatic heterocycles. The molecule has 188 valence electrons. The highest BCUT2D eigenvalue weighted by atomic mass is 32.1. The Kier molecular flexibility index (Phi) is 7.39. The van der Waals surface area contributed by atoms with Crippen LogP contribution in [0.3, 0.4) is 0 Å². The molecule has 0 saturated carbocycles. The van der Waals surface area contributed by atoms with Gasteiger partial charge in [0.15, 0.2) is 0 Å². The molecule has 4 rings (SSSR count). The lowest BCUT2D eigenvalue weighted by molar-refractivity contribution is -0.142. The summed E-state index contributed by atoms with van der Waals surface area (Å²) < 4.78 is 11.2. The molecule has 11 heteroatoms. The van der Waals surface area contributed by atoms with Crippen molar-refractivity contribution in [1.82, 2.24) is 20.1 Å². The quantitative estimate of drug-likeness (QED) is 0.528. The molecule has 2 saturated heterocycles. The number of hydrogen-bond donors (Lipinski definition) is 2. The smallest absolute Gasteiger partial charge is 0.410 e. The first-order chi connectivity index (χ1) is 16.7. The van der Waals surface area contributed by atoms with Gasteiger partial charge in [-0.25, -0.2) is 9.78 Å². The minimum absolute atomic E-state index is 0.00964. The van der Waals surface area contributed by atoms with E-state index in [4.69, 9.17) is 15.2 Å². The maximum Gasteiger partial charge on any atom is 0.410 e. The molecule has 10 nitrogen and oxygen atoms in total. The second-order valence-corrected chi connectivity index (χ2v) is 10.3. The lowest BCUT2D eigenvalue weighted by Crippen LogP contribution is -2.66. The predicted molar refractivity (Wildman–Crippen MR) is 129 cm³/mol. The topological polar surface area (TPSA) is 127 Å². The fourth-order valence-corrected chi connectivity index (χ4v) is 4.88. The maximum atomic E-state index is 13.7. The van der Waals surface area contributed by atoms with E-state index in [1.54, 1.807) is 29.2 Å². The van der Waals surface area contributed by atoms with Crippen molar-refractivity contribution in [2.75, 3.05) is 32.8 Å². The number of amides is 3. The number of rotatable bonds is 9. The third-order valence-electron chi connectivity index (χ3n) is 6.23. The molecular weight excluding hydrogens is 470 g/mol. The van der Waals surface area contributed by atoms with Gasteiger partial charge in [0.1, 0.15) is 18.2 Å². The van der Waals surface area contributed by atoms with E-state index >= 15 is 0 Å². The third-order valence-corrected chi connectivity index (χ3v) is 6.86. The standard InChI is InChI=1S/C24H31N5O5S/c1-23(2,25)21(31)27-19(12-33-11-17-6-4-3-5-7-17)20(30)28-8-9-29-22(32)34-15-24(29,14-28)10-18-13-35-16-26-18/h3-7,13,16,19H,8-12,14-15,25H2,1-2H3,(H,27,31). The van der Waals surface area contributed by atoms with Gasteiger partial charge in [-0.2, -0.15) is 0 Å². The Morgan fingerprint density at radius 1 is 1.31 bits per heavy atom. The molecule has 2 aliphatic rings. The lowest BCUT2D eigenvalue weighted by atomic mass is 9.90. The van der Waals surface area contributed by atoms with E-state index in [1.807, 2.05) is 35.7 Å². The summed E-state index contributed by atoms with van der Waals surface area (Å²) in [5, 5.41) is 4.70. The number of nitrogens with zero attached hydrogens (tertiary/aromatic N) is 3. The molecule has 0 radical (unpaired) electrons. The number of hydrogen-bond acceptors (Lipinski definition) is 8. The number of fused-ring (bicyclic) bond motifs is 1. The second kappa shape index (κ2) is 10.3. The van der Waals surface area contributed by atoms with Gasteiger partial charge < -0.3 is 25.4 Å². The Hall–Kier alpha value is -3.02. The minimum atomic E-state index is -1.16. The Labute approximate surface area is 208 Å². The van der Waals surface area contributed by atoms with E-state index in [0.29, 0.717) is 26.1 Å². The number of nitrogens with two attached hydrogens (primary N) is 1. The number of carbonyl (C=O) groups excluding carboxylic acids is 3. The molecule has 2 unspecified atom stereocenters. The van der Waals surface area contributed by atoms with Gasteiger partial charge in [0.25, 0.3) is 0 Å². The van der Waals surface area contributed by atoms with E-state index in [0.717, 1.165) is 11.3 Å². The summed E-state index contributed by atoms with van der Waals surface area (Å²) in [6.07, 6.45) is 0.0943. The summed E-state index contributed by atoms with van der Waals surface area (Å²) in [7, 11) is 0. The first-order valence-corrected chi connectivity index (χ1v) is 12.4. The van der Waals surface area contributed by atoms with Crippen molar-refractivity contribution in [2.24, 2.45) is 5.73 Å². The second-order valence-electron chi connectivity index (χ2n) is 9.60. The van der Waals surface area contributed by atoms with Crippen molar-refractivity contribution in [3.05, 3.63) is 52.5 Å². The van der Waals surface area contributed by atoms with Gasteiger partial charge in [-0.3, -0.25) is 14.5 Å². The number of ether oxygens (including phenoxy) is 2. The first kappa shape index (κ1) is 25.1. The van der Waals surface area contributed by atoms with Crippen molar-refractivity contribution in [1.29, 1.82) is 0 Å². The molecule has 0 spiro atoms.